The summed E-state index contributed by atoms with van der Waals surface area (Å²) in [4.78, 5) is 23.5. The lowest BCUT2D eigenvalue weighted by Gasteiger charge is -2.24. The fourth-order valence-electron chi connectivity index (χ4n) is 3.07. The second-order valence-corrected chi connectivity index (χ2v) is 6.15. The number of hydrogen-bond acceptors (Lipinski definition) is 5. The highest BCUT2D eigenvalue weighted by atomic mass is 16.7. The quantitative estimate of drug-likeness (QED) is 0.702. The highest BCUT2D eigenvalue weighted by molar-refractivity contribution is 5.92. The van der Waals surface area contributed by atoms with Gasteiger partial charge in [0.1, 0.15) is 11.5 Å². The Kier molecular flexibility index (Phi) is 4.64. The third kappa shape index (κ3) is 3.31. The van der Waals surface area contributed by atoms with E-state index in [0.29, 0.717) is 32.0 Å². The van der Waals surface area contributed by atoms with Crippen LogP contribution in [0.4, 0.5) is 0 Å². The molecule has 0 bridgehead atoms. The van der Waals surface area contributed by atoms with Crippen LogP contribution in [0.3, 0.4) is 0 Å². The van der Waals surface area contributed by atoms with Gasteiger partial charge in [-0.1, -0.05) is 18.2 Å². The van der Waals surface area contributed by atoms with Gasteiger partial charge < -0.3 is 18.9 Å². The Morgan fingerprint density at radius 1 is 1.19 bits per heavy atom. The molecule has 2 aromatic heterocycles. The van der Waals surface area contributed by atoms with Gasteiger partial charge in [-0.25, -0.2) is 4.98 Å². The molecule has 1 aromatic carbocycles. The molecule has 0 atom stereocenters. The summed E-state index contributed by atoms with van der Waals surface area (Å²) in [6.07, 6.45) is 1.20. The normalized spacial score (nSPS) is 14.8. The molecule has 1 aliphatic heterocycles. The molecular formula is C19H20N4O3. The van der Waals surface area contributed by atoms with E-state index >= 15 is 0 Å². The standard InChI is InChI=1S/C19H20N4O3/c1-22-16-8-3-2-6-14(16)21-17(22)12-23(13-18-25-10-11-26-18)19(24)15-7-4-5-9-20-15/h2-9,18H,10-13H2,1H3. The van der Waals surface area contributed by atoms with E-state index in [-0.39, 0.29) is 5.91 Å². The third-order valence-corrected chi connectivity index (χ3v) is 4.44. The Morgan fingerprint density at radius 2 is 1.96 bits per heavy atom. The van der Waals surface area contributed by atoms with Gasteiger partial charge >= 0.3 is 0 Å². The molecular weight excluding hydrogens is 332 g/mol. The zero-order valence-electron chi connectivity index (χ0n) is 14.5. The number of pyridine rings is 1. The Balaban J connectivity index is 1.63. The first-order chi connectivity index (χ1) is 12.7. The average molecular weight is 352 g/mol. The lowest BCUT2D eigenvalue weighted by molar-refractivity contribution is -0.0588. The van der Waals surface area contributed by atoms with Crippen LogP contribution in [0.2, 0.25) is 0 Å². The van der Waals surface area contributed by atoms with Crippen molar-refractivity contribution >= 4 is 16.9 Å². The van der Waals surface area contributed by atoms with Crippen LogP contribution in [0, 0.1) is 0 Å². The van der Waals surface area contributed by atoms with Crippen molar-refractivity contribution in [2.24, 2.45) is 7.05 Å². The van der Waals surface area contributed by atoms with Gasteiger partial charge in [-0.2, -0.15) is 0 Å². The second kappa shape index (κ2) is 7.23. The maximum Gasteiger partial charge on any atom is 0.273 e. The molecule has 1 aliphatic rings. The van der Waals surface area contributed by atoms with Crippen molar-refractivity contribution in [3.63, 3.8) is 0 Å². The van der Waals surface area contributed by atoms with Crippen molar-refractivity contribution in [1.29, 1.82) is 0 Å². The molecule has 0 spiro atoms. The minimum absolute atomic E-state index is 0.170. The molecule has 7 nitrogen and oxygen atoms in total. The molecule has 0 unspecified atom stereocenters. The van der Waals surface area contributed by atoms with E-state index in [2.05, 4.69) is 9.97 Å². The Labute approximate surface area is 151 Å². The maximum atomic E-state index is 13.0. The summed E-state index contributed by atoms with van der Waals surface area (Å²) in [6.45, 7) is 1.77. The Morgan fingerprint density at radius 3 is 2.69 bits per heavy atom. The number of carbonyl (C=O) groups excluding carboxylic acids is 1. The summed E-state index contributed by atoms with van der Waals surface area (Å²) in [5.74, 6) is 0.630. The van der Waals surface area contributed by atoms with Crippen molar-refractivity contribution < 1.29 is 14.3 Å². The monoisotopic (exact) mass is 352 g/mol. The predicted molar refractivity (Wildman–Crippen MR) is 95.4 cm³/mol. The number of para-hydroxylation sites is 2. The van der Waals surface area contributed by atoms with Crippen LogP contribution in [0.25, 0.3) is 11.0 Å². The highest BCUT2D eigenvalue weighted by Gasteiger charge is 2.26. The van der Waals surface area contributed by atoms with Gasteiger partial charge in [0.25, 0.3) is 5.91 Å². The summed E-state index contributed by atoms with van der Waals surface area (Å²) in [6, 6.07) is 13.2. The number of benzene rings is 1. The van der Waals surface area contributed by atoms with E-state index in [4.69, 9.17) is 9.47 Å². The average Bonchev–Trinajstić information content (AvgIpc) is 3.30. The van der Waals surface area contributed by atoms with Gasteiger partial charge in [-0.15, -0.1) is 0 Å². The lowest BCUT2D eigenvalue weighted by atomic mass is 10.3. The van der Waals surface area contributed by atoms with Crippen LogP contribution < -0.4 is 0 Å². The number of nitrogens with zero attached hydrogens (tertiary/aromatic N) is 4. The minimum Gasteiger partial charge on any atom is -0.348 e. The zero-order chi connectivity index (χ0) is 17.9. The van der Waals surface area contributed by atoms with Gasteiger partial charge in [0, 0.05) is 13.2 Å². The van der Waals surface area contributed by atoms with Crippen LogP contribution in [0.5, 0.6) is 0 Å². The molecule has 0 N–H and O–H groups in total. The molecule has 134 valence electrons. The van der Waals surface area contributed by atoms with E-state index in [0.717, 1.165) is 16.9 Å². The second-order valence-electron chi connectivity index (χ2n) is 6.15. The maximum absolute atomic E-state index is 13.0. The van der Waals surface area contributed by atoms with Crippen LogP contribution in [-0.2, 0) is 23.1 Å². The number of ether oxygens (including phenoxy) is 2. The lowest BCUT2D eigenvalue weighted by Crippen LogP contribution is -2.38. The predicted octanol–water partition coefficient (Wildman–Crippen LogP) is 1.98. The molecule has 26 heavy (non-hydrogen) atoms. The molecule has 4 rings (SSSR count). The van der Waals surface area contributed by atoms with Gasteiger partial charge in [-0.3, -0.25) is 9.78 Å². The fraction of sp³-hybridized carbons (Fsp3) is 0.316. The SMILES string of the molecule is Cn1c(CN(CC2OCCO2)C(=O)c2ccccn2)nc2ccccc21. The van der Waals surface area contributed by atoms with Crippen molar-refractivity contribution in [1.82, 2.24) is 19.4 Å². The van der Waals surface area contributed by atoms with Crippen LogP contribution in [0.15, 0.2) is 48.7 Å². The van der Waals surface area contributed by atoms with Gasteiger partial charge in [0.15, 0.2) is 6.29 Å². The molecule has 7 heteroatoms. The number of rotatable bonds is 5. The van der Waals surface area contributed by atoms with Crippen LogP contribution in [0.1, 0.15) is 16.3 Å². The summed E-state index contributed by atoms with van der Waals surface area (Å²) >= 11 is 0. The molecule has 3 aromatic rings. The summed E-state index contributed by atoms with van der Waals surface area (Å²) < 4.78 is 13.1. The Bertz CT molecular complexity index is 904. The van der Waals surface area contributed by atoms with Crippen LogP contribution >= 0.6 is 0 Å². The topological polar surface area (TPSA) is 69.5 Å². The van der Waals surface area contributed by atoms with E-state index in [1.807, 2.05) is 35.9 Å². The van der Waals surface area contributed by atoms with Gasteiger partial charge in [0.2, 0.25) is 0 Å². The smallest absolute Gasteiger partial charge is 0.273 e. The number of imidazole rings is 1. The largest absolute Gasteiger partial charge is 0.348 e. The van der Waals surface area contributed by atoms with Crippen molar-refractivity contribution in [2.45, 2.75) is 12.8 Å². The zero-order valence-corrected chi connectivity index (χ0v) is 14.5. The first-order valence-electron chi connectivity index (χ1n) is 8.56. The number of fused-ring (bicyclic) bond motifs is 1. The number of aromatic nitrogens is 3. The first kappa shape index (κ1) is 16.7. The molecule has 3 heterocycles. The van der Waals surface area contributed by atoms with E-state index < -0.39 is 6.29 Å². The van der Waals surface area contributed by atoms with E-state index in [1.54, 1.807) is 29.3 Å². The number of amides is 1. The summed E-state index contributed by atoms with van der Waals surface area (Å²) in [7, 11) is 1.96. The number of carbonyl (C=O) groups is 1. The van der Waals surface area contributed by atoms with Crippen molar-refractivity contribution in [2.75, 3.05) is 19.8 Å². The number of aryl methyl sites for hydroxylation is 1. The van der Waals surface area contributed by atoms with E-state index in [9.17, 15) is 4.79 Å². The molecule has 0 saturated carbocycles. The minimum atomic E-state index is -0.419. The first-order valence-corrected chi connectivity index (χ1v) is 8.56. The number of hydrogen-bond donors (Lipinski definition) is 0. The van der Waals surface area contributed by atoms with E-state index in [1.165, 1.54) is 0 Å². The molecule has 0 aliphatic carbocycles. The summed E-state index contributed by atoms with van der Waals surface area (Å²) in [5.41, 5.74) is 2.33. The highest BCUT2D eigenvalue weighted by Crippen LogP contribution is 2.17. The van der Waals surface area contributed by atoms with Crippen LogP contribution in [-0.4, -0.2) is 51.4 Å². The molecule has 1 saturated heterocycles. The Hall–Kier alpha value is -2.77. The van der Waals surface area contributed by atoms with Crippen molar-refractivity contribution in [3.8, 4) is 0 Å². The van der Waals surface area contributed by atoms with Crippen molar-refractivity contribution in [3.05, 3.63) is 60.2 Å². The molecule has 1 fully saturated rings. The summed E-state index contributed by atoms with van der Waals surface area (Å²) in [5, 5.41) is 0. The van der Waals surface area contributed by atoms with Gasteiger partial charge in [-0.05, 0) is 24.3 Å². The fourth-order valence-corrected chi connectivity index (χ4v) is 3.07. The van der Waals surface area contributed by atoms with Gasteiger partial charge in [0.05, 0.1) is 37.3 Å². The molecule has 0 radical (unpaired) electrons. The molecule has 1 amide bonds. The third-order valence-electron chi connectivity index (χ3n) is 4.44.